The van der Waals surface area contributed by atoms with Gasteiger partial charge in [0, 0.05) is 12.0 Å². The van der Waals surface area contributed by atoms with Crippen LogP contribution in [0.5, 0.6) is 0 Å². The van der Waals surface area contributed by atoms with Gasteiger partial charge in [-0.25, -0.2) is 8.78 Å². The van der Waals surface area contributed by atoms with Crippen LogP contribution in [0, 0.1) is 0 Å². The Labute approximate surface area is 169 Å². The van der Waals surface area contributed by atoms with E-state index in [1.54, 1.807) is 12.1 Å². The highest BCUT2D eigenvalue weighted by Gasteiger charge is 2.53. The number of hydrogen-bond donors (Lipinski definition) is 3. The Bertz CT molecular complexity index is 839. The number of hydrogen-bond acceptors (Lipinski definition) is 4. The normalized spacial score (nSPS) is 15.4. The molecule has 29 heavy (non-hydrogen) atoms. The van der Waals surface area contributed by atoms with Crippen LogP contribution in [0.25, 0.3) is 11.1 Å². The first kappa shape index (κ1) is 22.6. The van der Waals surface area contributed by atoms with Crippen molar-refractivity contribution in [3.8, 4) is 11.1 Å². The standard InChI is InChI=1S/C22H26F2N2O3/c1-4-18(27)21(2,22(3,29)20(23)24)26-14-25-19(28)17-12-10-16(11-13-17)15-8-6-5-7-9-15/h5-13,20,26,29H,4,14H2,1-3H3,(H,25,28). The Kier molecular flexibility index (Phi) is 7.21. The molecule has 5 nitrogen and oxygen atoms in total. The van der Waals surface area contributed by atoms with Crippen molar-refractivity contribution in [3.05, 3.63) is 60.2 Å². The Morgan fingerprint density at radius 3 is 2.07 bits per heavy atom. The maximum absolute atomic E-state index is 13.3. The number of rotatable bonds is 9. The van der Waals surface area contributed by atoms with Crippen molar-refractivity contribution in [3.63, 3.8) is 0 Å². The molecule has 2 atom stereocenters. The van der Waals surface area contributed by atoms with E-state index in [-0.39, 0.29) is 13.1 Å². The van der Waals surface area contributed by atoms with E-state index in [4.69, 9.17) is 0 Å². The SMILES string of the molecule is CCC(=O)C(C)(NCNC(=O)c1ccc(-c2ccccc2)cc1)C(C)(O)C(F)F. The Hall–Kier alpha value is -2.64. The zero-order valence-electron chi connectivity index (χ0n) is 16.7. The molecule has 2 rings (SSSR count). The minimum absolute atomic E-state index is 0.0404. The fourth-order valence-electron chi connectivity index (χ4n) is 2.98. The molecule has 1 amide bonds. The molecule has 0 bridgehead atoms. The first-order valence-corrected chi connectivity index (χ1v) is 9.36. The predicted octanol–water partition coefficient (Wildman–Crippen LogP) is 3.38. The van der Waals surface area contributed by atoms with Gasteiger partial charge in [-0.1, -0.05) is 49.4 Å². The van der Waals surface area contributed by atoms with Crippen LogP contribution in [-0.4, -0.2) is 41.0 Å². The molecule has 0 aliphatic rings. The molecule has 0 aliphatic heterocycles. The molecule has 0 saturated carbocycles. The number of aliphatic hydroxyl groups is 1. The molecular formula is C22H26F2N2O3. The van der Waals surface area contributed by atoms with Gasteiger partial charge in [0.2, 0.25) is 0 Å². The summed E-state index contributed by atoms with van der Waals surface area (Å²) in [7, 11) is 0. The minimum atomic E-state index is -3.14. The lowest BCUT2D eigenvalue weighted by Gasteiger charge is -2.41. The summed E-state index contributed by atoms with van der Waals surface area (Å²) in [6, 6.07) is 16.6. The molecule has 2 aromatic rings. The van der Waals surface area contributed by atoms with Crippen molar-refractivity contribution in [2.45, 2.75) is 44.8 Å². The molecule has 0 aliphatic carbocycles. The van der Waals surface area contributed by atoms with Crippen molar-refractivity contribution in [2.24, 2.45) is 0 Å². The second-order valence-electron chi connectivity index (χ2n) is 7.15. The smallest absolute Gasteiger partial charge is 0.268 e. The van der Waals surface area contributed by atoms with Gasteiger partial charge in [0.05, 0.1) is 6.67 Å². The van der Waals surface area contributed by atoms with Crippen LogP contribution < -0.4 is 10.6 Å². The summed E-state index contributed by atoms with van der Waals surface area (Å²) in [5, 5.41) is 15.3. The number of Topliss-reactive ketones (excluding diaryl/α,β-unsaturated/α-hetero) is 1. The van der Waals surface area contributed by atoms with Gasteiger partial charge < -0.3 is 10.4 Å². The molecule has 0 aromatic heterocycles. The summed E-state index contributed by atoms with van der Waals surface area (Å²) < 4.78 is 26.6. The van der Waals surface area contributed by atoms with E-state index in [9.17, 15) is 23.5 Å². The van der Waals surface area contributed by atoms with Crippen LogP contribution in [0.15, 0.2) is 54.6 Å². The quantitative estimate of drug-likeness (QED) is 0.560. The summed E-state index contributed by atoms with van der Waals surface area (Å²) in [5.41, 5.74) is -2.16. The summed E-state index contributed by atoms with van der Waals surface area (Å²) in [6.45, 7) is 3.38. The van der Waals surface area contributed by atoms with E-state index < -0.39 is 29.3 Å². The van der Waals surface area contributed by atoms with Gasteiger partial charge in [0.15, 0.2) is 5.78 Å². The second-order valence-corrected chi connectivity index (χ2v) is 7.15. The number of amides is 1. The van der Waals surface area contributed by atoms with Gasteiger partial charge in [-0.3, -0.25) is 14.9 Å². The number of carbonyl (C=O) groups is 2. The lowest BCUT2D eigenvalue weighted by atomic mass is 9.78. The van der Waals surface area contributed by atoms with E-state index in [0.29, 0.717) is 5.56 Å². The van der Waals surface area contributed by atoms with Crippen LogP contribution in [0.2, 0.25) is 0 Å². The average Bonchev–Trinajstić information content (AvgIpc) is 2.73. The number of ketones is 1. The third-order valence-corrected chi connectivity index (χ3v) is 5.26. The average molecular weight is 404 g/mol. The molecule has 0 spiro atoms. The molecule has 2 unspecified atom stereocenters. The topological polar surface area (TPSA) is 78.4 Å². The van der Waals surface area contributed by atoms with E-state index in [0.717, 1.165) is 18.1 Å². The summed E-state index contributed by atoms with van der Waals surface area (Å²) in [5.74, 6) is -1.01. The van der Waals surface area contributed by atoms with E-state index in [1.165, 1.54) is 13.8 Å². The molecule has 0 fully saturated rings. The first-order chi connectivity index (χ1) is 13.6. The first-order valence-electron chi connectivity index (χ1n) is 9.36. The molecule has 2 aromatic carbocycles. The molecule has 0 radical (unpaired) electrons. The van der Waals surface area contributed by atoms with Gasteiger partial charge >= 0.3 is 0 Å². The molecule has 156 valence electrons. The number of nitrogens with one attached hydrogen (secondary N) is 2. The molecular weight excluding hydrogens is 378 g/mol. The van der Waals surface area contributed by atoms with Crippen LogP contribution in [0.3, 0.4) is 0 Å². The fourth-order valence-corrected chi connectivity index (χ4v) is 2.98. The van der Waals surface area contributed by atoms with E-state index >= 15 is 0 Å². The zero-order valence-corrected chi connectivity index (χ0v) is 16.7. The monoisotopic (exact) mass is 404 g/mol. The van der Waals surface area contributed by atoms with Crippen LogP contribution >= 0.6 is 0 Å². The van der Waals surface area contributed by atoms with Crippen LogP contribution in [0.1, 0.15) is 37.6 Å². The number of alkyl halides is 2. The van der Waals surface area contributed by atoms with Crippen molar-refractivity contribution >= 4 is 11.7 Å². The molecule has 0 saturated heterocycles. The Morgan fingerprint density at radius 2 is 1.55 bits per heavy atom. The summed E-state index contributed by atoms with van der Waals surface area (Å²) >= 11 is 0. The fraction of sp³-hybridized carbons (Fsp3) is 0.364. The highest BCUT2D eigenvalue weighted by atomic mass is 19.3. The van der Waals surface area contributed by atoms with Gasteiger partial charge in [-0.15, -0.1) is 0 Å². The Balaban J connectivity index is 2.05. The largest absolute Gasteiger partial charge is 0.382 e. The second kappa shape index (κ2) is 9.24. The Morgan fingerprint density at radius 1 is 1.00 bits per heavy atom. The van der Waals surface area contributed by atoms with Crippen LogP contribution in [0.4, 0.5) is 8.78 Å². The van der Waals surface area contributed by atoms with Crippen molar-refractivity contribution in [1.82, 2.24) is 10.6 Å². The molecule has 0 heterocycles. The minimum Gasteiger partial charge on any atom is -0.382 e. The third-order valence-electron chi connectivity index (χ3n) is 5.26. The number of halogens is 2. The van der Waals surface area contributed by atoms with Crippen molar-refractivity contribution < 1.29 is 23.5 Å². The number of benzene rings is 2. The van der Waals surface area contributed by atoms with E-state index in [1.807, 2.05) is 42.5 Å². The maximum atomic E-state index is 13.3. The zero-order chi connectivity index (χ0) is 21.7. The van der Waals surface area contributed by atoms with Gasteiger partial charge in [-0.05, 0) is 37.1 Å². The van der Waals surface area contributed by atoms with Gasteiger partial charge in [0.25, 0.3) is 12.3 Å². The molecule has 3 N–H and O–H groups in total. The number of carbonyl (C=O) groups excluding carboxylic acids is 2. The summed E-state index contributed by atoms with van der Waals surface area (Å²) in [6.07, 6.45) is -3.18. The predicted molar refractivity (Wildman–Crippen MR) is 108 cm³/mol. The third kappa shape index (κ3) is 4.86. The lowest BCUT2D eigenvalue weighted by Crippen LogP contribution is -2.68. The summed E-state index contributed by atoms with van der Waals surface area (Å²) in [4.78, 5) is 24.6. The molecule has 7 heteroatoms. The van der Waals surface area contributed by atoms with Gasteiger partial charge in [0.1, 0.15) is 11.1 Å². The van der Waals surface area contributed by atoms with Crippen molar-refractivity contribution in [2.75, 3.05) is 6.67 Å². The van der Waals surface area contributed by atoms with Crippen molar-refractivity contribution in [1.29, 1.82) is 0 Å². The highest BCUT2D eigenvalue weighted by molar-refractivity contribution is 5.94. The highest BCUT2D eigenvalue weighted by Crippen LogP contribution is 2.30. The van der Waals surface area contributed by atoms with Crippen LogP contribution in [-0.2, 0) is 4.79 Å². The maximum Gasteiger partial charge on any atom is 0.268 e. The lowest BCUT2D eigenvalue weighted by molar-refractivity contribution is -0.158. The van der Waals surface area contributed by atoms with Gasteiger partial charge in [-0.2, -0.15) is 0 Å². The van der Waals surface area contributed by atoms with E-state index in [2.05, 4.69) is 10.6 Å².